The molecular weight excluding hydrogens is 313 g/mol. The fourth-order valence-electron chi connectivity index (χ4n) is 0.236. The molecule has 47 valence electrons. The Morgan fingerprint density at radius 2 is 1.62 bits per heavy atom. The minimum Gasteiger partial charge on any atom is -0.677 e. The Kier molecular flexibility index (Phi) is 9.87. The van der Waals surface area contributed by atoms with Crippen LogP contribution < -0.4 is 0 Å². The van der Waals surface area contributed by atoms with Gasteiger partial charge in [-0.3, -0.25) is 0 Å². The molecule has 0 spiro atoms. The number of nitrogens with one attached hydrogen (secondary N) is 1. The number of hydrogen-bond donors (Lipinski definition) is 0. The third-order valence-electron chi connectivity index (χ3n) is 1.46. The first-order chi connectivity index (χ1) is 3.18. The Morgan fingerprint density at radius 3 is 1.62 bits per heavy atom. The van der Waals surface area contributed by atoms with Crippen molar-refractivity contribution in [2.45, 2.75) is 20.8 Å². The summed E-state index contributed by atoms with van der Waals surface area (Å²) >= 11 is 0. The Morgan fingerprint density at radius 1 is 1.25 bits per heavy atom. The molecule has 0 unspecified atom stereocenters. The van der Waals surface area contributed by atoms with Crippen molar-refractivity contribution in [2.75, 3.05) is 6.54 Å². The van der Waals surface area contributed by atoms with Crippen LogP contribution in [0.2, 0.25) is 0 Å². The molecule has 0 heterocycles. The van der Waals surface area contributed by atoms with E-state index in [2.05, 4.69) is 20.8 Å². The normalized spacial score (nSPS) is 13.1. The Labute approximate surface area is 88.0 Å². The van der Waals surface area contributed by atoms with Crippen LogP contribution in [0.4, 0.5) is 0 Å². The molecule has 0 aliphatic heterocycles. The molecule has 0 aromatic heterocycles. The van der Waals surface area contributed by atoms with Crippen molar-refractivity contribution < 1.29 is 44.1 Å². The monoisotopic (exact) mass is 327 g/mol. The van der Waals surface area contributed by atoms with Crippen molar-refractivity contribution in [1.82, 2.24) is 0 Å². The maximum absolute atomic E-state index is 6.94. The predicted molar refractivity (Wildman–Crippen MR) is 33.2 cm³/mol. The Hall–Kier alpha value is 1.40. The summed E-state index contributed by atoms with van der Waals surface area (Å²) in [6.45, 7) is 6.98. The van der Waals surface area contributed by atoms with E-state index in [1.54, 1.807) is 0 Å². The summed E-state index contributed by atoms with van der Waals surface area (Å²) in [6, 6.07) is 0. The molecule has 1 atom stereocenters. The second-order valence-electron chi connectivity index (χ2n) is 2.43. The number of hydrogen-bond acceptors (Lipinski definition) is 0. The molecule has 0 saturated carbocycles. The molecule has 0 rings (SSSR count). The standard InChI is InChI=1S/C6H14N.Ac/c1-5(2)6(3)4-7;/h5-7H,4H2,1-3H3;/q-1;/t6-;/m1./s1. The second-order valence-corrected chi connectivity index (χ2v) is 2.43. The van der Waals surface area contributed by atoms with Crippen molar-refractivity contribution in [3.8, 4) is 0 Å². The fourth-order valence-corrected chi connectivity index (χ4v) is 0.236. The molecule has 8 heavy (non-hydrogen) atoms. The van der Waals surface area contributed by atoms with E-state index < -0.39 is 0 Å². The summed E-state index contributed by atoms with van der Waals surface area (Å²) in [7, 11) is 0. The van der Waals surface area contributed by atoms with Crippen molar-refractivity contribution in [3.63, 3.8) is 0 Å². The average molecular weight is 327 g/mol. The van der Waals surface area contributed by atoms with Gasteiger partial charge in [0.15, 0.2) is 0 Å². The molecule has 0 amide bonds. The molecular formula is C6H14AcN-. The van der Waals surface area contributed by atoms with Gasteiger partial charge in [-0.1, -0.05) is 26.7 Å². The quantitative estimate of drug-likeness (QED) is 0.743. The van der Waals surface area contributed by atoms with E-state index in [-0.39, 0.29) is 44.1 Å². The van der Waals surface area contributed by atoms with Gasteiger partial charge in [0.05, 0.1) is 0 Å². The van der Waals surface area contributed by atoms with E-state index in [1.165, 1.54) is 0 Å². The molecule has 0 saturated heterocycles. The largest absolute Gasteiger partial charge is 0.677 e. The van der Waals surface area contributed by atoms with Crippen LogP contribution in [0.25, 0.3) is 5.73 Å². The topological polar surface area (TPSA) is 23.8 Å². The van der Waals surface area contributed by atoms with Crippen LogP contribution in [-0.2, 0) is 0 Å². The van der Waals surface area contributed by atoms with E-state index >= 15 is 0 Å². The molecule has 1 nitrogen and oxygen atoms in total. The van der Waals surface area contributed by atoms with Crippen molar-refractivity contribution in [2.24, 2.45) is 11.8 Å². The van der Waals surface area contributed by atoms with Crippen molar-refractivity contribution in [1.29, 1.82) is 0 Å². The van der Waals surface area contributed by atoms with Gasteiger partial charge in [0.25, 0.3) is 0 Å². The number of rotatable bonds is 2. The van der Waals surface area contributed by atoms with E-state index in [0.717, 1.165) is 0 Å². The third-order valence-corrected chi connectivity index (χ3v) is 1.46. The van der Waals surface area contributed by atoms with Crippen LogP contribution in [0.5, 0.6) is 0 Å². The SMILES string of the molecule is CC(C)[C@H](C)C[NH-].[Ac]. The maximum atomic E-state index is 6.94. The molecule has 1 radical (unpaired) electrons. The summed E-state index contributed by atoms with van der Waals surface area (Å²) < 4.78 is 0. The van der Waals surface area contributed by atoms with Gasteiger partial charge < -0.3 is 5.73 Å². The summed E-state index contributed by atoms with van der Waals surface area (Å²) in [5.74, 6) is 1.25. The van der Waals surface area contributed by atoms with Gasteiger partial charge in [0.2, 0.25) is 0 Å². The molecule has 0 aliphatic rings. The summed E-state index contributed by atoms with van der Waals surface area (Å²) in [5, 5.41) is 0. The summed E-state index contributed by atoms with van der Waals surface area (Å²) in [4.78, 5) is 0. The Bertz CT molecular complexity index is 45.8. The first-order valence-corrected chi connectivity index (χ1v) is 2.83. The molecule has 0 aromatic rings. The first kappa shape index (κ1) is 12.1. The first-order valence-electron chi connectivity index (χ1n) is 2.83. The van der Waals surface area contributed by atoms with Gasteiger partial charge >= 0.3 is 0 Å². The van der Waals surface area contributed by atoms with Gasteiger partial charge in [-0.15, -0.1) is 6.54 Å². The van der Waals surface area contributed by atoms with Crippen LogP contribution in [0.3, 0.4) is 0 Å². The molecule has 1 N–H and O–H groups in total. The van der Waals surface area contributed by atoms with E-state index in [0.29, 0.717) is 18.4 Å². The summed E-state index contributed by atoms with van der Waals surface area (Å²) in [5.41, 5.74) is 6.94. The van der Waals surface area contributed by atoms with Crippen LogP contribution in [0.15, 0.2) is 0 Å². The van der Waals surface area contributed by atoms with Gasteiger partial charge in [0, 0.05) is 44.1 Å². The van der Waals surface area contributed by atoms with E-state index in [4.69, 9.17) is 5.73 Å². The van der Waals surface area contributed by atoms with Crippen molar-refractivity contribution in [3.05, 3.63) is 5.73 Å². The van der Waals surface area contributed by atoms with Gasteiger partial charge in [-0.05, 0) is 5.92 Å². The van der Waals surface area contributed by atoms with Crippen LogP contribution in [-0.4, -0.2) is 6.54 Å². The minimum absolute atomic E-state index is 0. The zero-order valence-corrected chi connectivity index (χ0v) is 10.7. The van der Waals surface area contributed by atoms with Crippen LogP contribution in [0, 0.1) is 55.9 Å². The summed E-state index contributed by atoms with van der Waals surface area (Å²) in [6.07, 6.45) is 0. The molecule has 0 fully saturated rings. The molecule has 2 heteroatoms. The van der Waals surface area contributed by atoms with Gasteiger partial charge in [0.1, 0.15) is 0 Å². The average Bonchev–Trinajstić information content (AvgIpc) is 1.65. The smallest absolute Gasteiger partial charge is 0 e. The Balaban J connectivity index is 0. The van der Waals surface area contributed by atoms with Crippen LogP contribution in [0.1, 0.15) is 20.8 Å². The van der Waals surface area contributed by atoms with Crippen molar-refractivity contribution >= 4 is 0 Å². The molecule has 0 aliphatic carbocycles. The zero-order chi connectivity index (χ0) is 5.86. The molecule has 0 bridgehead atoms. The van der Waals surface area contributed by atoms with Gasteiger partial charge in [-0.2, -0.15) is 0 Å². The van der Waals surface area contributed by atoms with Gasteiger partial charge in [-0.25, -0.2) is 0 Å². The van der Waals surface area contributed by atoms with Crippen LogP contribution >= 0.6 is 0 Å². The minimum atomic E-state index is 0. The van der Waals surface area contributed by atoms with E-state index in [1.807, 2.05) is 0 Å². The molecule has 0 aromatic carbocycles. The predicted octanol–water partition coefficient (Wildman–Crippen LogP) is 2.33. The maximum Gasteiger partial charge on any atom is 0 e. The zero-order valence-electron chi connectivity index (χ0n) is 5.94. The second kappa shape index (κ2) is 6.52. The fraction of sp³-hybridized carbons (Fsp3) is 1.00. The van der Waals surface area contributed by atoms with E-state index in [9.17, 15) is 0 Å². The third kappa shape index (κ3) is 5.54.